The van der Waals surface area contributed by atoms with Crippen LogP contribution in [0.2, 0.25) is 0 Å². The van der Waals surface area contributed by atoms with Gasteiger partial charge in [0.2, 0.25) is 0 Å². The second-order valence-electron chi connectivity index (χ2n) is 0.974. The van der Waals surface area contributed by atoms with Gasteiger partial charge in [-0.15, -0.1) is 11.8 Å². The highest BCUT2D eigenvalue weighted by Gasteiger charge is 2.02. The molecule has 0 aliphatic rings. The van der Waals surface area contributed by atoms with E-state index in [-0.39, 0.29) is 5.04 Å². The molecule has 3 N–H and O–H groups in total. The minimum atomic E-state index is -0.708. The van der Waals surface area contributed by atoms with Crippen molar-refractivity contribution in [1.82, 2.24) is 0 Å². The molecule has 0 radical (unpaired) electrons. The number of hydrogen-bond donors (Lipinski definition) is 2. The number of hydrogen-bond acceptors (Lipinski definition) is 4. The fourth-order valence-electron chi connectivity index (χ4n) is 0.191. The first-order valence-corrected chi connectivity index (χ1v) is 3.00. The summed E-state index contributed by atoms with van der Waals surface area (Å²) in [6, 6.07) is 0. The van der Waals surface area contributed by atoms with Crippen molar-refractivity contribution in [3.8, 4) is 0 Å². The van der Waals surface area contributed by atoms with E-state index >= 15 is 0 Å². The highest BCUT2D eigenvalue weighted by molar-refractivity contribution is 8.15. The zero-order chi connectivity index (χ0) is 6.57. The van der Waals surface area contributed by atoms with Crippen LogP contribution in [0.4, 0.5) is 0 Å². The van der Waals surface area contributed by atoms with Crippen molar-refractivity contribution in [3.05, 3.63) is 0 Å². The van der Waals surface area contributed by atoms with Crippen molar-refractivity contribution in [3.63, 3.8) is 0 Å². The van der Waals surface area contributed by atoms with Crippen LogP contribution in [0.5, 0.6) is 0 Å². The predicted molar refractivity (Wildman–Crippen MR) is 31.9 cm³/mol. The molecule has 46 valence electrons. The van der Waals surface area contributed by atoms with Crippen LogP contribution in [0.3, 0.4) is 0 Å². The maximum Gasteiger partial charge on any atom is 0.277 e. The SMILES string of the molecule is CSC(=NO)C(N)=O. The minimum absolute atomic E-state index is 0.0787. The molecular formula is C3H6N2O2S. The van der Waals surface area contributed by atoms with Crippen LogP contribution in [0.15, 0.2) is 5.16 Å². The van der Waals surface area contributed by atoms with Crippen molar-refractivity contribution in [2.45, 2.75) is 0 Å². The average Bonchev–Trinajstić information content (AvgIpc) is 1.69. The Morgan fingerprint density at radius 3 is 2.38 bits per heavy atom. The molecule has 0 atom stereocenters. The lowest BCUT2D eigenvalue weighted by Gasteiger charge is -1.88. The first-order chi connectivity index (χ1) is 3.72. The molecule has 0 bridgehead atoms. The van der Waals surface area contributed by atoms with Crippen LogP contribution in [0, 0.1) is 0 Å². The van der Waals surface area contributed by atoms with Crippen molar-refractivity contribution < 1.29 is 10.0 Å². The lowest BCUT2D eigenvalue weighted by Crippen LogP contribution is -2.19. The largest absolute Gasteiger partial charge is 0.410 e. The Kier molecular flexibility index (Phi) is 3.02. The maximum absolute atomic E-state index is 10.1. The van der Waals surface area contributed by atoms with Crippen LogP contribution in [-0.4, -0.2) is 22.4 Å². The summed E-state index contributed by atoms with van der Waals surface area (Å²) in [4.78, 5) is 10.1. The molecule has 0 aromatic heterocycles. The number of carbonyl (C=O) groups excluding carboxylic acids is 1. The molecule has 0 aliphatic carbocycles. The standard InChI is InChI=1S/C3H6N2O2S/c1-8-3(5-7)2(4)6/h7H,1H3,(H2,4,6). The third-order valence-electron chi connectivity index (χ3n) is 0.495. The quantitative estimate of drug-likeness (QED) is 0.205. The number of thioether (sulfide) groups is 1. The summed E-state index contributed by atoms with van der Waals surface area (Å²) in [6.07, 6.45) is 1.60. The topological polar surface area (TPSA) is 75.7 Å². The molecule has 0 spiro atoms. The molecule has 5 heteroatoms. The van der Waals surface area contributed by atoms with Crippen LogP contribution in [0.1, 0.15) is 0 Å². The number of nitrogens with zero attached hydrogens (tertiary/aromatic N) is 1. The Hall–Kier alpha value is -0.710. The molecule has 0 aliphatic heterocycles. The molecule has 0 saturated heterocycles. The van der Waals surface area contributed by atoms with Gasteiger partial charge in [0.15, 0.2) is 5.04 Å². The van der Waals surface area contributed by atoms with Crippen LogP contribution < -0.4 is 5.73 Å². The summed E-state index contributed by atoms with van der Waals surface area (Å²) in [5.74, 6) is -0.708. The van der Waals surface area contributed by atoms with E-state index in [4.69, 9.17) is 10.9 Å². The number of nitrogens with two attached hydrogens (primary N) is 1. The predicted octanol–water partition coefficient (Wildman–Crippen LogP) is -0.378. The van der Waals surface area contributed by atoms with Gasteiger partial charge in [-0.05, 0) is 6.26 Å². The Bertz CT molecular complexity index is 122. The lowest BCUT2D eigenvalue weighted by molar-refractivity contribution is -0.111. The third kappa shape index (κ3) is 1.83. The van der Waals surface area contributed by atoms with Gasteiger partial charge in [-0.25, -0.2) is 0 Å². The Balaban J connectivity index is 3.92. The highest BCUT2D eigenvalue weighted by Crippen LogP contribution is 1.94. The van der Waals surface area contributed by atoms with Gasteiger partial charge in [-0.3, -0.25) is 4.79 Å². The number of primary amides is 1. The first kappa shape index (κ1) is 7.29. The minimum Gasteiger partial charge on any atom is -0.410 e. The first-order valence-electron chi connectivity index (χ1n) is 1.78. The lowest BCUT2D eigenvalue weighted by atomic mass is 10.7. The van der Waals surface area contributed by atoms with E-state index in [2.05, 4.69) is 5.16 Å². The average molecular weight is 134 g/mol. The van der Waals surface area contributed by atoms with Crippen LogP contribution >= 0.6 is 11.8 Å². The molecule has 4 nitrogen and oxygen atoms in total. The second-order valence-corrected chi connectivity index (χ2v) is 1.77. The Morgan fingerprint density at radius 1 is 1.88 bits per heavy atom. The number of carbonyl (C=O) groups is 1. The Morgan fingerprint density at radius 2 is 2.38 bits per heavy atom. The molecule has 8 heavy (non-hydrogen) atoms. The van der Waals surface area contributed by atoms with Crippen molar-refractivity contribution in [2.75, 3.05) is 6.26 Å². The third-order valence-corrected chi connectivity index (χ3v) is 1.16. The van der Waals surface area contributed by atoms with Crippen molar-refractivity contribution in [1.29, 1.82) is 0 Å². The summed E-state index contributed by atoms with van der Waals surface area (Å²) in [5, 5.41) is 10.5. The van der Waals surface area contributed by atoms with E-state index in [9.17, 15) is 4.79 Å². The number of rotatable bonds is 0. The van der Waals surface area contributed by atoms with E-state index in [1.165, 1.54) is 0 Å². The van der Waals surface area contributed by atoms with E-state index in [1.807, 2.05) is 0 Å². The van der Waals surface area contributed by atoms with Crippen molar-refractivity contribution >= 4 is 22.7 Å². The zero-order valence-corrected chi connectivity index (χ0v) is 5.10. The molecule has 0 rings (SSSR count). The molecule has 1 amide bonds. The molecular weight excluding hydrogens is 128 g/mol. The van der Waals surface area contributed by atoms with Crippen molar-refractivity contribution in [2.24, 2.45) is 10.9 Å². The maximum atomic E-state index is 10.1. The fraction of sp³-hybridized carbons (Fsp3) is 0.333. The smallest absolute Gasteiger partial charge is 0.277 e. The summed E-state index contributed by atoms with van der Waals surface area (Å²) in [7, 11) is 0. The monoisotopic (exact) mass is 134 g/mol. The van der Waals surface area contributed by atoms with Crippen LogP contribution in [-0.2, 0) is 4.79 Å². The van der Waals surface area contributed by atoms with Gasteiger partial charge in [0, 0.05) is 0 Å². The van der Waals surface area contributed by atoms with Gasteiger partial charge in [-0.2, -0.15) is 0 Å². The highest BCUT2D eigenvalue weighted by atomic mass is 32.2. The number of oxime groups is 1. The fourth-order valence-corrected chi connectivity index (χ4v) is 0.474. The molecule has 0 heterocycles. The molecule has 0 fully saturated rings. The Labute approximate surface area is 50.7 Å². The summed E-state index contributed by atoms with van der Waals surface area (Å²) in [6.45, 7) is 0. The summed E-state index contributed by atoms with van der Waals surface area (Å²) in [5.41, 5.74) is 4.71. The molecule has 0 saturated carbocycles. The zero-order valence-electron chi connectivity index (χ0n) is 4.29. The van der Waals surface area contributed by atoms with Crippen LogP contribution in [0.25, 0.3) is 0 Å². The number of amides is 1. The summed E-state index contributed by atoms with van der Waals surface area (Å²) < 4.78 is 0. The van der Waals surface area contributed by atoms with Gasteiger partial charge in [0.25, 0.3) is 5.91 Å². The normalized spacial score (nSPS) is 11.4. The molecule has 0 aromatic carbocycles. The molecule has 0 unspecified atom stereocenters. The van der Waals surface area contributed by atoms with E-state index in [1.54, 1.807) is 6.26 Å². The van der Waals surface area contributed by atoms with Gasteiger partial charge < -0.3 is 10.9 Å². The molecule has 0 aromatic rings. The van der Waals surface area contributed by atoms with E-state index < -0.39 is 5.91 Å². The van der Waals surface area contributed by atoms with E-state index in [0.717, 1.165) is 11.8 Å². The van der Waals surface area contributed by atoms with Gasteiger partial charge in [0.1, 0.15) is 0 Å². The van der Waals surface area contributed by atoms with Gasteiger partial charge in [-0.1, -0.05) is 5.16 Å². The van der Waals surface area contributed by atoms with Gasteiger partial charge >= 0.3 is 0 Å². The second kappa shape index (κ2) is 3.31. The van der Waals surface area contributed by atoms with Gasteiger partial charge in [0.05, 0.1) is 0 Å². The summed E-state index contributed by atoms with van der Waals surface area (Å²) >= 11 is 1.00. The van der Waals surface area contributed by atoms with E-state index in [0.29, 0.717) is 0 Å².